The summed E-state index contributed by atoms with van der Waals surface area (Å²) in [4.78, 5) is 13.2. The van der Waals surface area contributed by atoms with Crippen LogP contribution in [0.5, 0.6) is 0 Å². The van der Waals surface area contributed by atoms with Crippen molar-refractivity contribution < 1.29 is 22.8 Å². The Balaban J connectivity index is 1.68. The number of morpholine rings is 1. The monoisotopic (exact) mass is 375 g/mol. The van der Waals surface area contributed by atoms with E-state index in [1.165, 1.54) is 4.90 Å². The van der Waals surface area contributed by atoms with Crippen LogP contribution in [0.15, 0.2) is 24.3 Å². The number of carbonyl (C=O) groups is 1. The van der Waals surface area contributed by atoms with Crippen molar-refractivity contribution in [2.24, 2.45) is 0 Å². The number of amides is 1. The van der Waals surface area contributed by atoms with E-state index in [1.54, 1.807) is 24.3 Å². The summed E-state index contributed by atoms with van der Waals surface area (Å²) in [6.45, 7) is 4.80. The van der Waals surface area contributed by atoms with Crippen LogP contribution in [0.2, 0.25) is 5.02 Å². The molecule has 24 heavy (non-hydrogen) atoms. The summed E-state index contributed by atoms with van der Waals surface area (Å²) in [5.41, 5.74) is 0.638. The first-order valence-electron chi connectivity index (χ1n) is 8.07. The molecule has 1 fully saturated rings. The fourth-order valence-corrected chi connectivity index (χ4v) is 4.12. The van der Waals surface area contributed by atoms with Gasteiger partial charge in [-0.2, -0.15) is 0 Å². The molecule has 0 aromatic heterocycles. The van der Waals surface area contributed by atoms with Crippen molar-refractivity contribution in [3.8, 4) is 0 Å². The average molecular weight is 376 g/mol. The summed E-state index contributed by atoms with van der Waals surface area (Å²) < 4.78 is 29.5. The number of rotatable bonds is 8. The van der Waals surface area contributed by atoms with Gasteiger partial charge in [-0.1, -0.05) is 23.7 Å². The lowest BCUT2D eigenvalue weighted by Crippen LogP contribution is -3.14. The van der Waals surface area contributed by atoms with Gasteiger partial charge >= 0.3 is 0 Å². The van der Waals surface area contributed by atoms with Crippen LogP contribution in [0.4, 0.5) is 0 Å². The third-order valence-electron chi connectivity index (χ3n) is 3.92. The first kappa shape index (κ1) is 19.2. The third-order valence-corrected chi connectivity index (χ3v) is 5.75. The van der Waals surface area contributed by atoms with E-state index in [0.717, 1.165) is 32.8 Å². The number of sulfone groups is 1. The molecule has 2 rings (SSSR count). The summed E-state index contributed by atoms with van der Waals surface area (Å²) in [7, 11) is -3.33. The summed E-state index contributed by atoms with van der Waals surface area (Å²) in [5, 5.41) is 3.29. The Morgan fingerprint density at radius 1 is 1.29 bits per heavy atom. The smallest absolute Gasteiger partial charge is 0.221 e. The Morgan fingerprint density at radius 3 is 2.75 bits per heavy atom. The number of hydrogen-bond donors (Lipinski definition) is 2. The maximum absolute atomic E-state index is 12.1. The second kappa shape index (κ2) is 9.36. The third kappa shape index (κ3) is 7.17. The van der Waals surface area contributed by atoms with Crippen LogP contribution in [-0.4, -0.2) is 59.5 Å². The van der Waals surface area contributed by atoms with Crippen molar-refractivity contribution in [2.45, 2.75) is 12.2 Å². The molecule has 0 aliphatic carbocycles. The Labute approximate surface area is 148 Å². The number of hydrogen-bond acceptors (Lipinski definition) is 4. The topological polar surface area (TPSA) is 76.9 Å². The highest BCUT2D eigenvalue weighted by molar-refractivity contribution is 7.90. The van der Waals surface area contributed by atoms with Gasteiger partial charge in [0.2, 0.25) is 5.91 Å². The second-order valence-electron chi connectivity index (χ2n) is 5.93. The van der Waals surface area contributed by atoms with Gasteiger partial charge in [0.1, 0.15) is 13.1 Å². The summed E-state index contributed by atoms with van der Waals surface area (Å²) >= 11 is 5.85. The summed E-state index contributed by atoms with van der Waals surface area (Å²) in [6.07, 6.45) is -0.0126. The van der Waals surface area contributed by atoms with Gasteiger partial charge in [-0.25, -0.2) is 8.42 Å². The van der Waals surface area contributed by atoms with Crippen molar-refractivity contribution in [1.82, 2.24) is 5.32 Å². The quantitative estimate of drug-likeness (QED) is 0.652. The molecule has 1 aromatic carbocycles. The molecule has 6 nitrogen and oxygen atoms in total. The SMILES string of the molecule is O=C(CCS(=O)(=O)Cc1cccc(Cl)c1)NCC[NH+]1CCOCC1. The Morgan fingerprint density at radius 2 is 2.04 bits per heavy atom. The number of nitrogens with one attached hydrogen (secondary N) is 2. The van der Waals surface area contributed by atoms with Gasteiger partial charge < -0.3 is 15.0 Å². The van der Waals surface area contributed by atoms with Gasteiger partial charge in [0.05, 0.1) is 37.8 Å². The lowest BCUT2D eigenvalue weighted by Gasteiger charge is -2.23. The van der Waals surface area contributed by atoms with E-state index in [1.807, 2.05) is 0 Å². The summed E-state index contributed by atoms with van der Waals surface area (Å²) in [6, 6.07) is 6.76. The van der Waals surface area contributed by atoms with Crippen LogP contribution in [0.3, 0.4) is 0 Å². The molecule has 0 saturated carbocycles. The molecule has 1 aliphatic heterocycles. The van der Waals surface area contributed by atoms with Gasteiger partial charge in [0, 0.05) is 11.4 Å². The Kier molecular flexibility index (Phi) is 7.48. The fraction of sp³-hybridized carbons (Fsp3) is 0.562. The minimum atomic E-state index is -3.33. The predicted octanol–water partition coefficient (Wildman–Crippen LogP) is -0.324. The predicted molar refractivity (Wildman–Crippen MR) is 93.0 cm³/mol. The normalized spacial score (nSPS) is 16.0. The van der Waals surface area contributed by atoms with Crippen LogP contribution in [0.1, 0.15) is 12.0 Å². The number of benzene rings is 1. The van der Waals surface area contributed by atoms with Crippen molar-refractivity contribution >= 4 is 27.3 Å². The fourth-order valence-electron chi connectivity index (χ4n) is 2.58. The van der Waals surface area contributed by atoms with Crippen LogP contribution in [0, 0.1) is 0 Å². The van der Waals surface area contributed by atoms with Crippen LogP contribution >= 0.6 is 11.6 Å². The maximum Gasteiger partial charge on any atom is 0.221 e. The molecule has 0 atom stereocenters. The zero-order valence-electron chi connectivity index (χ0n) is 13.6. The lowest BCUT2D eigenvalue weighted by molar-refractivity contribution is -0.906. The van der Waals surface area contributed by atoms with E-state index in [-0.39, 0.29) is 23.8 Å². The van der Waals surface area contributed by atoms with E-state index in [2.05, 4.69) is 5.32 Å². The molecule has 134 valence electrons. The van der Waals surface area contributed by atoms with E-state index in [9.17, 15) is 13.2 Å². The Bertz CT molecular complexity index is 645. The molecular formula is C16H24ClN2O4S+. The summed E-state index contributed by atoms with van der Waals surface area (Å²) in [5.74, 6) is -0.480. The zero-order chi connectivity index (χ0) is 17.4. The molecular weight excluding hydrogens is 352 g/mol. The lowest BCUT2D eigenvalue weighted by atomic mass is 10.2. The number of ether oxygens (including phenoxy) is 1. The van der Waals surface area contributed by atoms with Gasteiger partial charge in [-0.3, -0.25) is 4.79 Å². The highest BCUT2D eigenvalue weighted by Gasteiger charge is 2.16. The van der Waals surface area contributed by atoms with Gasteiger partial charge in [-0.05, 0) is 17.7 Å². The molecule has 2 N–H and O–H groups in total. The number of carbonyl (C=O) groups excluding carboxylic acids is 1. The van der Waals surface area contributed by atoms with Gasteiger partial charge in [0.25, 0.3) is 0 Å². The average Bonchev–Trinajstić information content (AvgIpc) is 2.54. The largest absolute Gasteiger partial charge is 0.370 e. The molecule has 1 aliphatic rings. The minimum Gasteiger partial charge on any atom is -0.370 e. The van der Waals surface area contributed by atoms with Gasteiger partial charge in [0.15, 0.2) is 9.84 Å². The van der Waals surface area contributed by atoms with E-state index in [0.29, 0.717) is 17.1 Å². The molecule has 0 bridgehead atoms. The standard InChI is InChI=1S/C16H23ClN2O4S/c17-15-3-1-2-14(12-15)13-24(21,22)11-4-16(20)18-5-6-19-7-9-23-10-8-19/h1-3,12H,4-11,13H2,(H,18,20)/p+1. The molecule has 0 radical (unpaired) electrons. The molecule has 1 aromatic rings. The molecule has 1 heterocycles. The van der Waals surface area contributed by atoms with E-state index < -0.39 is 9.84 Å². The van der Waals surface area contributed by atoms with Crippen LogP contribution in [0.25, 0.3) is 0 Å². The Hall–Kier alpha value is -1.15. The molecule has 0 unspecified atom stereocenters. The van der Waals surface area contributed by atoms with E-state index in [4.69, 9.17) is 16.3 Å². The number of halogens is 1. The second-order valence-corrected chi connectivity index (χ2v) is 8.55. The van der Waals surface area contributed by atoms with E-state index >= 15 is 0 Å². The minimum absolute atomic E-state index is 0.0126. The highest BCUT2D eigenvalue weighted by atomic mass is 35.5. The van der Waals surface area contributed by atoms with Crippen LogP contribution in [-0.2, 0) is 25.1 Å². The maximum atomic E-state index is 12.1. The van der Waals surface area contributed by atoms with Gasteiger partial charge in [-0.15, -0.1) is 0 Å². The molecule has 1 amide bonds. The highest BCUT2D eigenvalue weighted by Crippen LogP contribution is 2.14. The van der Waals surface area contributed by atoms with Crippen molar-refractivity contribution in [3.63, 3.8) is 0 Å². The molecule has 1 saturated heterocycles. The van der Waals surface area contributed by atoms with Crippen molar-refractivity contribution in [2.75, 3.05) is 45.1 Å². The number of quaternary nitrogens is 1. The first-order valence-corrected chi connectivity index (χ1v) is 10.3. The molecule has 8 heteroatoms. The van der Waals surface area contributed by atoms with Crippen molar-refractivity contribution in [1.29, 1.82) is 0 Å². The van der Waals surface area contributed by atoms with Crippen molar-refractivity contribution in [3.05, 3.63) is 34.9 Å². The van der Waals surface area contributed by atoms with Crippen LogP contribution < -0.4 is 10.2 Å². The first-order chi connectivity index (χ1) is 11.4. The molecule has 0 spiro atoms. The zero-order valence-corrected chi connectivity index (χ0v) is 15.2.